The summed E-state index contributed by atoms with van der Waals surface area (Å²) in [6.07, 6.45) is 0. The van der Waals surface area contributed by atoms with Crippen molar-refractivity contribution in [2.24, 2.45) is 0 Å². The van der Waals surface area contributed by atoms with Crippen molar-refractivity contribution in [3.63, 3.8) is 0 Å². The molecule has 150 valence electrons. The van der Waals surface area contributed by atoms with Crippen molar-refractivity contribution in [3.8, 4) is 11.5 Å². The number of rotatable bonds is 7. The number of benzene rings is 3. The Kier molecular flexibility index (Phi) is 6.73. The number of aryl methyl sites for hydroxylation is 1. The quantitative estimate of drug-likeness (QED) is 0.515. The Morgan fingerprint density at radius 2 is 1.86 bits per heavy atom. The Labute approximate surface area is 174 Å². The molecule has 0 saturated heterocycles. The lowest BCUT2D eigenvalue weighted by Crippen LogP contribution is -2.14. The molecule has 0 aliphatic rings. The molecule has 0 aliphatic carbocycles. The van der Waals surface area contributed by atoms with Gasteiger partial charge in [-0.25, -0.2) is 4.39 Å². The summed E-state index contributed by atoms with van der Waals surface area (Å²) in [7, 11) is 0. The average molecular weight is 414 g/mol. The summed E-state index contributed by atoms with van der Waals surface area (Å²) < 4.78 is 25.3. The highest BCUT2D eigenvalue weighted by atomic mass is 35.5. The number of hydrogen-bond donors (Lipinski definition) is 1. The highest BCUT2D eigenvalue weighted by molar-refractivity contribution is 6.31. The van der Waals surface area contributed by atoms with E-state index in [1.54, 1.807) is 42.5 Å². The molecular weight excluding hydrogens is 393 g/mol. The zero-order valence-corrected chi connectivity index (χ0v) is 16.9. The molecule has 0 saturated carbocycles. The van der Waals surface area contributed by atoms with Gasteiger partial charge >= 0.3 is 0 Å². The lowest BCUT2D eigenvalue weighted by molar-refractivity contribution is 0.102. The number of carbonyl (C=O) groups is 1. The second-order valence-corrected chi connectivity index (χ2v) is 6.80. The smallest absolute Gasteiger partial charge is 0.255 e. The molecule has 1 N–H and O–H groups in total. The Balaban J connectivity index is 1.80. The maximum Gasteiger partial charge on any atom is 0.255 e. The first-order valence-electron chi connectivity index (χ1n) is 9.18. The highest BCUT2D eigenvalue weighted by Gasteiger charge is 2.13. The molecule has 1 amide bonds. The van der Waals surface area contributed by atoms with Gasteiger partial charge in [-0.2, -0.15) is 0 Å². The zero-order valence-electron chi connectivity index (χ0n) is 16.2. The molecule has 0 aromatic heterocycles. The molecule has 0 aliphatic heterocycles. The van der Waals surface area contributed by atoms with E-state index in [-0.39, 0.29) is 12.3 Å². The molecule has 0 fully saturated rings. The van der Waals surface area contributed by atoms with Gasteiger partial charge in [0.05, 0.1) is 12.3 Å². The summed E-state index contributed by atoms with van der Waals surface area (Å²) in [6.45, 7) is 4.46. The standard InChI is InChI=1S/C23H21ClFNO3/c1-3-28-22-11-8-16(23(27)26-21-7-5-4-6-20(21)25)13-17(22)14-29-18-9-10-19(24)15(2)12-18/h4-13H,3,14H2,1-2H3,(H,26,27). The van der Waals surface area contributed by atoms with Crippen LogP contribution in [0.1, 0.15) is 28.4 Å². The molecule has 0 bridgehead atoms. The van der Waals surface area contributed by atoms with Crippen molar-refractivity contribution < 1.29 is 18.7 Å². The summed E-state index contributed by atoms with van der Waals surface area (Å²) in [5.41, 5.74) is 2.12. The van der Waals surface area contributed by atoms with Gasteiger partial charge in [0.15, 0.2) is 0 Å². The fourth-order valence-corrected chi connectivity index (χ4v) is 2.87. The number of ether oxygens (including phenoxy) is 2. The topological polar surface area (TPSA) is 47.6 Å². The Hall–Kier alpha value is -3.05. The molecule has 0 heterocycles. The van der Waals surface area contributed by atoms with Gasteiger partial charge in [0.1, 0.15) is 23.9 Å². The van der Waals surface area contributed by atoms with Crippen LogP contribution in [0.4, 0.5) is 10.1 Å². The molecule has 0 radical (unpaired) electrons. The molecule has 29 heavy (non-hydrogen) atoms. The number of amides is 1. The SMILES string of the molecule is CCOc1ccc(C(=O)Nc2ccccc2F)cc1COc1ccc(Cl)c(C)c1. The third-order valence-electron chi connectivity index (χ3n) is 4.27. The monoisotopic (exact) mass is 413 g/mol. The van der Waals surface area contributed by atoms with E-state index in [1.165, 1.54) is 12.1 Å². The number of para-hydroxylation sites is 1. The van der Waals surface area contributed by atoms with Crippen LogP contribution < -0.4 is 14.8 Å². The van der Waals surface area contributed by atoms with E-state index in [4.69, 9.17) is 21.1 Å². The third kappa shape index (κ3) is 5.27. The maximum atomic E-state index is 13.8. The summed E-state index contributed by atoms with van der Waals surface area (Å²) in [6, 6.07) is 16.5. The van der Waals surface area contributed by atoms with Gasteiger partial charge in [-0.3, -0.25) is 4.79 Å². The van der Waals surface area contributed by atoms with E-state index in [0.717, 1.165) is 5.56 Å². The number of hydrogen-bond acceptors (Lipinski definition) is 3. The fourth-order valence-electron chi connectivity index (χ4n) is 2.75. The first-order chi connectivity index (χ1) is 14.0. The number of carbonyl (C=O) groups excluding carboxylic acids is 1. The molecule has 4 nitrogen and oxygen atoms in total. The van der Waals surface area contributed by atoms with Gasteiger partial charge in [-0.05, 0) is 67.9 Å². The van der Waals surface area contributed by atoms with Gasteiger partial charge < -0.3 is 14.8 Å². The van der Waals surface area contributed by atoms with Crippen molar-refractivity contribution in [1.82, 2.24) is 0 Å². The number of anilines is 1. The average Bonchev–Trinajstić information content (AvgIpc) is 2.71. The van der Waals surface area contributed by atoms with Crippen molar-refractivity contribution in [2.75, 3.05) is 11.9 Å². The van der Waals surface area contributed by atoms with Crippen LogP contribution in [-0.2, 0) is 6.61 Å². The normalized spacial score (nSPS) is 10.5. The van der Waals surface area contributed by atoms with Gasteiger partial charge in [0.2, 0.25) is 0 Å². The van der Waals surface area contributed by atoms with Gasteiger partial charge in [0.25, 0.3) is 5.91 Å². The van der Waals surface area contributed by atoms with E-state index in [0.29, 0.717) is 34.3 Å². The van der Waals surface area contributed by atoms with Crippen LogP contribution in [0.3, 0.4) is 0 Å². The second-order valence-electron chi connectivity index (χ2n) is 6.39. The first kappa shape index (κ1) is 20.7. The van der Waals surface area contributed by atoms with Crippen LogP contribution in [0.5, 0.6) is 11.5 Å². The van der Waals surface area contributed by atoms with E-state index >= 15 is 0 Å². The minimum absolute atomic E-state index is 0.126. The Morgan fingerprint density at radius 1 is 1.07 bits per heavy atom. The lowest BCUT2D eigenvalue weighted by atomic mass is 10.1. The number of halogens is 2. The summed E-state index contributed by atoms with van der Waals surface area (Å²) in [5, 5.41) is 3.25. The lowest BCUT2D eigenvalue weighted by Gasteiger charge is -2.14. The van der Waals surface area contributed by atoms with Crippen molar-refractivity contribution in [1.29, 1.82) is 0 Å². The highest BCUT2D eigenvalue weighted by Crippen LogP contribution is 2.26. The van der Waals surface area contributed by atoms with Gasteiger partial charge in [-0.1, -0.05) is 23.7 Å². The summed E-state index contributed by atoms with van der Waals surface area (Å²) in [5.74, 6) is 0.381. The van der Waals surface area contributed by atoms with Crippen LogP contribution >= 0.6 is 11.6 Å². The van der Waals surface area contributed by atoms with E-state index < -0.39 is 11.7 Å². The molecule has 3 rings (SSSR count). The molecule has 0 spiro atoms. The van der Waals surface area contributed by atoms with E-state index in [1.807, 2.05) is 19.9 Å². The Morgan fingerprint density at radius 3 is 2.59 bits per heavy atom. The first-order valence-corrected chi connectivity index (χ1v) is 9.56. The van der Waals surface area contributed by atoms with Crippen LogP contribution in [0.2, 0.25) is 5.02 Å². The van der Waals surface area contributed by atoms with Gasteiger partial charge in [0, 0.05) is 16.1 Å². The van der Waals surface area contributed by atoms with Crippen molar-refractivity contribution >= 4 is 23.2 Å². The summed E-state index contributed by atoms with van der Waals surface area (Å²) >= 11 is 6.05. The van der Waals surface area contributed by atoms with Crippen molar-refractivity contribution in [2.45, 2.75) is 20.5 Å². The molecule has 6 heteroatoms. The molecule has 0 atom stereocenters. The van der Waals surface area contributed by atoms with Crippen LogP contribution in [-0.4, -0.2) is 12.5 Å². The third-order valence-corrected chi connectivity index (χ3v) is 4.69. The van der Waals surface area contributed by atoms with Crippen LogP contribution in [0.25, 0.3) is 0 Å². The van der Waals surface area contributed by atoms with Crippen LogP contribution in [0.15, 0.2) is 60.7 Å². The molecule has 3 aromatic carbocycles. The molecule has 0 unspecified atom stereocenters. The minimum Gasteiger partial charge on any atom is -0.493 e. The predicted octanol–water partition coefficient (Wildman–Crippen LogP) is 6.02. The molecule has 3 aromatic rings. The second kappa shape index (κ2) is 9.43. The van der Waals surface area contributed by atoms with Gasteiger partial charge in [-0.15, -0.1) is 0 Å². The van der Waals surface area contributed by atoms with Crippen molar-refractivity contribution in [3.05, 3.63) is 88.2 Å². The Bertz CT molecular complexity index is 1020. The molecular formula is C23H21ClFNO3. The predicted molar refractivity (Wildman–Crippen MR) is 112 cm³/mol. The fraction of sp³-hybridized carbons (Fsp3) is 0.174. The summed E-state index contributed by atoms with van der Waals surface area (Å²) in [4.78, 5) is 12.6. The largest absolute Gasteiger partial charge is 0.493 e. The van der Waals surface area contributed by atoms with E-state index in [9.17, 15) is 9.18 Å². The minimum atomic E-state index is -0.492. The number of nitrogens with one attached hydrogen (secondary N) is 1. The van der Waals surface area contributed by atoms with E-state index in [2.05, 4.69) is 5.32 Å². The van der Waals surface area contributed by atoms with Crippen LogP contribution in [0, 0.1) is 12.7 Å². The maximum absolute atomic E-state index is 13.8. The zero-order chi connectivity index (χ0) is 20.8.